The number of nitrogens with one attached hydrogen (secondary N) is 1. The number of alkyl halides is 3. The fraction of sp³-hybridized carbons (Fsp3) is 0.235. The molecule has 0 heterocycles. The summed E-state index contributed by atoms with van der Waals surface area (Å²) in [5, 5.41) is 9.05. The topological polar surface area (TPSA) is 92.7 Å². The molecule has 2 aromatic carbocycles. The van der Waals surface area contributed by atoms with Crippen LogP contribution in [0.5, 0.6) is 5.75 Å². The summed E-state index contributed by atoms with van der Waals surface area (Å²) in [4.78, 5) is 10.8. The summed E-state index contributed by atoms with van der Waals surface area (Å²) in [7, 11) is -4.17. The molecule has 0 aromatic heterocycles. The van der Waals surface area contributed by atoms with Gasteiger partial charge in [-0.1, -0.05) is 29.8 Å². The molecule has 0 aliphatic rings. The van der Waals surface area contributed by atoms with Crippen LogP contribution in [0.4, 0.5) is 13.2 Å². The van der Waals surface area contributed by atoms with Gasteiger partial charge in [-0.2, -0.15) is 0 Å². The molecule has 1 unspecified atom stereocenters. The van der Waals surface area contributed by atoms with Gasteiger partial charge in [0.05, 0.1) is 17.4 Å². The van der Waals surface area contributed by atoms with Crippen molar-refractivity contribution in [2.24, 2.45) is 0 Å². The highest BCUT2D eigenvalue weighted by atomic mass is 32.2. The molecule has 10 heteroatoms. The highest BCUT2D eigenvalue weighted by Gasteiger charge is 2.31. The number of aliphatic carboxylic acids is 1. The molecule has 2 aromatic rings. The summed E-state index contributed by atoms with van der Waals surface area (Å²) in [5.41, 5.74) is 1.36. The number of carboxylic acids is 1. The molecule has 1 atom stereocenters. The van der Waals surface area contributed by atoms with Gasteiger partial charge in [0, 0.05) is 0 Å². The molecule has 146 valence electrons. The van der Waals surface area contributed by atoms with Crippen LogP contribution in [-0.4, -0.2) is 25.9 Å². The standard InChI is InChI=1S/C17H16F3NO5S/c1-11-2-4-12(5-3-11)15(10-16(22)23)21-27(24,25)14-8-6-13(7-9-14)26-17(18,19)20/h2-9,15,21H,10H2,1H3,(H,22,23). The summed E-state index contributed by atoms with van der Waals surface area (Å²) in [6, 6.07) is 9.19. The van der Waals surface area contributed by atoms with Crippen molar-refractivity contribution in [3.63, 3.8) is 0 Å². The van der Waals surface area contributed by atoms with Gasteiger partial charge < -0.3 is 9.84 Å². The monoisotopic (exact) mass is 403 g/mol. The van der Waals surface area contributed by atoms with Crippen LogP contribution < -0.4 is 9.46 Å². The first-order valence-electron chi connectivity index (χ1n) is 7.63. The Morgan fingerprint density at radius 3 is 2.15 bits per heavy atom. The molecule has 0 fully saturated rings. The second-order valence-electron chi connectivity index (χ2n) is 5.70. The van der Waals surface area contributed by atoms with E-state index in [0.29, 0.717) is 5.56 Å². The number of hydrogen-bond donors (Lipinski definition) is 2. The third-order valence-electron chi connectivity index (χ3n) is 3.52. The van der Waals surface area contributed by atoms with Crippen molar-refractivity contribution in [3.05, 3.63) is 59.7 Å². The summed E-state index contributed by atoms with van der Waals surface area (Å²) in [5.74, 6) is -1.78. The molecule has 2 N–H and O–H groups in total. The van der Waals surface area contributed by atoms with Crippen molar-refractivity contribution < 1.29 is 36.2 Å². The lowest BCUT2D eigenvalue weighted by molar-refractivity contribution is -0.274. The van der Waals surface area contributed by atoms with Crippen molar-refractivity contribution in [2.45, 2.75) is 30.6 Å². The lowest BCUT2D eigenvalue weighted by atomic mass is 10.0. The molecule has 6 nitrogen and oxygen atoms in total. The van der Waals surface area contributed by atoms with Gasteiger partial charge in [0.1, 0.15) is 5.75 Å². The summed E-state index contributed by atoms with van der Waals surface area (Å²) in [6.07, 6.45) is -5.39. The minimum Gasteiger partial charge on any atom is -0.481 e. The Hall–Kier alpha value is -2.59. The minimum absolute atomic E-state index is 0.320. The van der Waals surface area contributed by atoms with Crippen LogP contribution in [0.3, 0.4) is 0 Å². The third-order valence-corrected chi connectivity index (χ3v) is 5.01. The smallest absolute Gasteiger partial charge is 0.481 e. The molecule has 0 saturated heterocycles. The second kappa shape index (κ2) is 7.97. The van der Waals surface area contributed by atoms with Gasteiger partial charge in [-0.05, 0) is 36.8 Å². The van der Waals surface area contributed by atoms with Gasteiger partial charge in [-0.3, -0.25) is 4.79 Å². The predicted molar refractivity (Wildman–Crippen MR) is 89.6 cm³/mol. The number of ether oxygens (including phenoxy) is 1. The number of carboxylic acid groups (broad SMARTS) is 1. The molecule has 0 aliphatic heterocycles. The van der Waals surface area contributed by atoms with Crippen LogP contribution in [0.2, 0.25) is 0 Å². The SMILES string of the molecule is Cc1ccc(C(CC(=O)O)NS(=O)(=O)c2ccc(OC(F)(F)F)cc2)cc1. The largest absolute Gasteiger partial charge is 0.573 e. The Kier molecular flexibility index (Phi) is 6.11. The molecule has 2 rings (SSSR count). The molecule has 0 amide bonds. The Morgan fingerprint density at radius 2 is 1.67 bits per heavy atom. The highest BCUT2D eigenvalue weighted by molar-refractivity contribution is 7.89. The first kappa shape index (κ1) is 20.7. The first-order valence-corrected chi connectivity index (χ1v) is 9.11. The van der Waals surface area contributed by atoms with Gasteiger partial charge in [-0.15, -0.1) is 13.2 Å². The van der Waals surface area contributed by atoms with Gasteiger partial charge in [0.2, 0.25) is 10.0 Å². The van der Waals surface area contributed by atoms with Crippen LogP contribution in [0.25, 0.3) is 0 Å². The lowest BCUT2D eigenvalue weighted by Crippen LogP contribution is -2.30. The van der Waals surface area contributed by atoms with Crippen LogP contribution in [0, 0.1) is 6.92 Å². The van der Waals surface area contributed by atoms with Crippen LogP contribution in [0.15, 0.2) is 53.4 Å². The van der Waals surface area contributed by atoms with Crippen LogP contribution in [-0.2, 0) is 14.8 Å². The Balaban J connectivity index is 2.25. The molecule has 0 spiro atoms. The van der Waals surface area contributed by atoms with Crippen LogP contribution in [0.1, 0.15) is 23.6 Å². The highest BCUT2D eigenvalue weighted by Crippen LogP contribution is 2.25. The number of rotatable bonds is 7. The maximum absolute atomic E-state index is 12.5. The zero-order chi connectivity index (χ0) is 20.2. The molecular weight excluding hydrogens is 387 g/mol. The molecule has 0 aliphatic carbocycles. The Morgan fingerprint density at radius 1 is 1.11 bits per heavy atom. The summed E-state index contributed by atoms with van der Waals surface area (Å²) in [6.45, 7) is 1.82. The van der Waals surface area contributed by atoms with E-state index in [1.54, 1.807) is 24.3 Å². The quantitative estimate of drug-likeness (QED) is 0.739. The average Bonchev–Trinajstić information content (AvgIpc) is 2.53. The summed E-state index contributed by atoms with van der Waals surface area (Å²) >= 11 is 0. The fourth-order valence-corrected chi connectivity index (χ4v) is 3.50. The van der Waals surface area contributed by atoms with Crippen molar-refractivity contribution in [2.75, 3.05) is 0 Å². The maximum atomic E-state index is 12.5. The number of carbonyl (C=O) groups is 1. The van der Waals surface area contributed by atoms with Crippen molar-refractivity contribution in [1.82, 2.24) is 4.72 Å². The minimum atomic E-state index is -4.89. The van der Waals surface area contributed by atoms with Crippen molar-refractivity contribution in [3.8, 4) is 5.75 Å². The number of aryl methyl sites for hydroxylation is 1. The normalized spacial score (nSPS) is 13.2. The van der Waals surface area contributed by atoms with Gasteiger partial charge in [0.15, 0.2) is 0 Å². The number of benzene rings is 2. The van der Waals surface area contributed by atoms with E-state index in [-0.39, 0.29) is 4.90 Å². The van der Waals surface area contributed by atoms with Crippen molar-refractivity contribution >= 4 is 16.0 Å². The summed E-state index contributed by atoms with van der Waals surface area (Å²) < 4.78 is 67.5. The molecule has 0 bridgehead atoms. The predicted octanol–water partition coefficient (Wildman–Crippen LogP) is 3.39. The van der Waals surface area contributed by atoms with E-state index in [1.165, 1.54) is 0 Å². The zero-order valence-electron chi connectivity index (χ0n) is 14.0. The van der Waals surface area contributed by atoms with E-state index in [1.807, 2.05) is 6.92 Å². The Labute approximate surface area is 153 Å². The average molecular weight is 403 g/mol. The first-order chi connectivity index (χ1) is 12.5. The van der Waals surface area contributed by atoms with E-state index in [0.717, 1.165) is 29.8 Å². The number of halogens is 3. The van der Waals surface area contributed by atoms with E-state index >= 15 is 0 Å². The number of sulfonamides is 1. The van der Waals surface area contributed by atoms with E-state index in [9.17, 15) is 26.4 Å². The molecular formula is C17H16F3NO5S. The second-order valence-corrected chi connectivity index (χ2v) is 7.42. The van der Waals surface area contributed by atoms with Gasteiger partial charge in [-0.25, -0.2) is 13.1 Å². The fourth-order valence-electron chi connectivity index (χ4n) is 2.28. The molecule has 0 saturated carbocycles. The van der Waals surface area contributed by atoms with Gasteiger partial charge in [0.25, 0.3) is 0 Å². The number of hydrogen-bond acceptors (Lipinski definition) is 4. The van der Waals surface area contributed by atoms with Crippen molar-refractivity contribution in [1.29, 1.82) is 0 Å². The molecule has 27 heavy (non-hydrogen) atoms. The lowest BCUT2D eigenvalue weighted by Gasteiger charge is -2.18. The van der Waals surface area contributed by atoms with E-state index < -0.39 is 40.6 Å². The van der Waals surface area contributed by atoms with Crippen LogP contribution >= 0.6 is 0 Å². The van der Waals surface area contributed by atoms with E-state index in [2.05, 4.69) is 9.46 Å². The zero-order valence-corrected chi connectivity index (χ0v) is 14.8. The molecule has 0 radical (unpaired) electrons. The Bertz CT molecular complexity index is 894. The van der Waals surface area contributed by atoms with E-state index in [4.69, 9.17) is 5.11 Å². The van der Waals surface area contributed by atoms with Gasteiger partial charge >= 0.3 is 12.3 Å². The maximum Gasteiger partial charge on any atom is 0.573 e. The third kappa shape index (κ3) is 6.26.